The lowest BCUT2D eigenvalue weighted by Crippen LogP contribution is -2.42. The number of imidazole rings is 1. The molecular formula is C22H28Cl2N4O2. The van der Waals surface area contributed by atoms with Crippen LogP contribution in [0.15, 0.2) is 54.9 Å². The van der Waals surface area contributed by atoms with Crippen LogP contribution in [0.4, 0.5) is 0 Å². The second kappa shape index (κ2) is 11.2. The smallest absolute Gasteiger partial charge is 0.253 e. The zero-order valence-electron chi connectivity index (χ0n) is 17.0. The largest absolute Gasteiger partial charge is 0.487 e. The molecule has 3 aromatic rings. The fourth-order valence-corrected chi connectivity index (χ4v) is 3.82. The molecule has 1 atom stereocenters. The Morgan fingerprint density at radius 1 is 1.23 bits per heavy atom. The van der Waals surface area contributed by atoms with E-state index in [1.54, 1.807) is 0 Å². The number of carbonyl (C=O) groups excluding carboxylic acids is 1. The number of halogens is 2. The van der Waals surface area contributed by atoms with Gasteiger partial charge in [0.2, 0.25) is 0 Å². The highest BCUT2D eigenvalue weighted by atomic mass is 35.5. The summed E-state index contributed by atoms with van der Waals surface area (Å²) >= 11 is 0. The molecule has 1 aliphatic heterocycles. The molecule has 1 aliphatic rings. The van der Waals surface area contributed by atoms with E-state index in [2.05, 4.69) is 10.3 Å². The first-order valence-corrected chi connectivity index (χ1v) is 9.82. The summed E-state index contributed by atoms with van der Waals surface area (Å²) in [5, 5.41) is 3.22. The van der Waals surface area contributed by atoms with Gasteiger partial charge in [-0.2, -0.15) is 0 Å². The Bertz CT molecular complexity index is 928. The number of piperidine rings is 1. The van der Waals surface area contributed by atoms with Gasteiger partial charge >= 0.3 is 0 Å². The van der Waals surface area contributed by atoms with Crippen LogP contribution in [-0.4, -0.2) is 46.9 Å². The lowest BCUT2D eigenvalue weighted by molar-refractivity contribution is 0.0674. The Kier molecular flexibility index (Phi) is 8.96. The van der Waals surface area contributed by atoms with E-state index in [1.807, 2.05) is 71.2 Å². The molecule has 8 heteroatoms. The van der Waals surface area contributed by atoms with Gasteiger partial charge in [0, 0.05) is 31.0 Å². The van der Waals surface area contributed by atoms with Gasteiger partial charge in [-0.1, -0.05) is 12.1 Å². The van der Waals surface area contributed by atoms with Gasteiger partial charge in [0.1, 0.15) is 18.0 Å². The van der Waals surface area contributed by atoms with Crippen LogP contribution in [0.3, 0.4) is 0 Å². The fraction of sp³-hybridized carbons (Fsp3) is 0.364. The Morgan fingerprint density at radius 3 is 2.90 bits per heavy atom. The average Bonchev–Trinajstić information content (AvgIpc) is 3.15. The number of aromatic nitrogens is 2. The number of hydrogen-bond acceptors (Lipinski definition) is 4. The summed E-state index contributed by atoms with van der Waals surface area (Å²) in [7, 11) is 1.96. The van der Waals surface area contributed by atoms with Crippen molar-refractivity contribution in [1.29, 1.82) is 0 Å². The third-order valence-corrected chi connectivity index (χ3v) is 5.18. The molecule has 0 radical (unpaired) electrons. The molecule has 1 unspecified atom stereocenters. The van der Waals surface area contributed by atoms with E-state index in [0.717, 1.165) is 37.4 Å². The summed E-state index contributed by atoms with van der Waals surface area (Å²) in [5.41, 5.74) is 2.43. The minimum atomic E-state index is 0. The molecule has 1 aromatic carbocycles. The Hall–Kier alpha value is -2.28. The molecule has 0 spiro atoms. The maximum absolute atomic E-state index is 12.9. The second-order valence-electron chi connectivity index (χ2n) is 7.33. The predicted molar refractivity (Wildman–Crippen MR) is 123 cm³/mol. The van der Waals surface area contributed by atoms with Crippen molar-refractivity contribution in [3.8, 4) is 5.75 Å². The number of nitrogens with one attached hydrogen (secondary N) is 1. The predicted octanol–water partition coefficient (Wildman–Crippen LogP) is 3.83. The number of rotatable bonds is 6. The third-order valence-electron chi connectivity index (χ3n) is 5.18. The standard InChI is InChI=1S/C22H26N4O2.2ClH/c1-23-13-17-6-5-11-26(14-17)22(27)18-7-4-8-20(12-18)28-16-19-15-25-10-3-2-9-21(25)24-19;;/h2-4,7-10,12,15,17,23H,5-6,11,13-14,16H2,1H3;2*1H. The van der Waals surface area contributed by atoms with Crippen LogP contribution in [-0.2, 0) is 6.61 Å². The van der Waals surface area contributed by atoms with E-state index in [0.29, 0.717) is 23.8 Å². The molecule has 6 nitrogen and oxygen atoms in total. The average molecular weight is 451 g/mol. The van der Waals surface area contributed by atoms with E-state index in [1.165, 1.54) is 6.42 Å². The third kappa shape index (κ3) is 5.65. The number of ether oxygens (including phenoxy) is 1. The van der Waals surface area contributed by atoms with Crippen molar-refractivity contribution in [3.05, 3.63) is 66.1 Å². The molecular weight excluding hydrogens is 423 g/mol. The molecule has 1 saturated heterocycles. The number of amides is 1. The van der Waals surface area contributed by atoms with Gasteiger partial charge in [-0.05, 0) is 62.7 Å². The van der Waals surface area contributed by atoms with Crippen molar-refractivity contribution < 1.29 is 9.53 Å². The zero-order valence-corrected chi connectivity index (χ0v) is 18.6. The van der Waals surface area contributed by atoms with Crippen LogP contribution in [0, 0.1) is 5.92 Å². The zero-order chi connectivity index (χ0) is 19.3. The molecule has 0 bridgehead atoms. The van der Waals surface area contributed by atoms with Crippen molar-refractivity contribution in [2.45, 2.75) is 19.4 Å². The monoisotopic (exact) mass is 450 g/mol. The van der Waals surface area contributed by atoms with E-state index in [9.17, 15) is 4.79 Å². The summed E-state index contributed by atoms with van der Waals surface area (Å²) in [5.74, 6) is 1.29. The number of benzene rings is 1. The molecule has 1 N–H and O–H groups in total. The molecule has 1 amide bonds. The first-order valence-electron chi connectivity index (χ1n) is 9.82. The van der Waals surface area contributed by atoms with Gasteiger partial charge in [-0.15, -0.1) is 24.8 Å². The summed E-state index contributed by atoms with van der Waals surface area (Å²) in [6, 6.07) is 13.3. The minimum absolute atomic E-state index is 0. The first-order chi connectivity index (χ1) is 13.7. The van der Waals surface area contributed by atoms with E-state index in [-0.39, 0.29) is 30.7 Å². The van der Waals surface area contributed by atoms with Crippen LogP contribution in [0.25, 0.3) is 5.65 Å². The van der Waals surface area contributed by atoms with Crippen molar-refractivity contribution in [3.63, 3.8) is 0 Å². The molecule has 4 rings (SSSR count). The van der Waals surface area contributed by atoms with E-state index in [4.69, 9.17) is 4.74 Å². The molecule has 1 fully saturated rings. The summed E-state index contributed by atoms with van der Waals surface area (Å²) < 4.78 is 7.87. The highest BCUT2D eigenvalue weighted by Crippen LogP contribution is 2.21. The van der Waals surface area contributed by atoms with Crippen molar-refractivity contribution >= 4 is 36.4 Å². The maximum atomic E-state index is 12.9. The number of nitrogens with zero attached hydrogens (tertiary/aromatic N) is 3. The topological polar surface area (TPSA) is 58.9 Å². The molecule has 0 saturated carbocycles. The van der Waals surface area contributed by atoms with Crippen molar-refractivity contribution in [1.82, 2.24) is 19.6 Å². The number of hydrogen-bond donors (Lipinski definition) is 1. The highest BCUT2D eigenvalue weighted by molar-refractivity contribution is 5.94. The van der Waals surface area contributed by atoms with Crippen LogP contribution in [0.5, 0.6) is 5.75 Å². The highest BCUT2D eigenvalue weighted by Gasteiger charge is 2.24. The number of pyridine rings is 1. The van der Waals surface area contributed by atoms with Crippen molar-refractivity contribution in [2.24, 2.45) is 5.92 Å². The molecule has 2 aromatic heterocycles. The summed E-state index contributed by atoms with van der Waals surface area (Å²) in [6.07, 6.45) is 6.15. The lowest BCUT2D eigenvalue weighted by Gasteiger charge is -2.32. The van der Waals surface area contributed by atoms with Gasteiger partial charge in [0.15, 0.2) is 0 Å². The SMILES string of the molecule is CNCC1CCCN(C(=O)c2cccc(OCc3cn4ccccc4n3)c2)C1.Cl.Cl. The number of carbonyl (C=O) groups is 1. The van der Waals surface area contributed by atoms with Crippen molar-refractivity contribution in [2.75, 3.05) is 26.7 Å². The first kappa shape index (κ1) is 24.0. The molecule has 162 valence electrons. The normalized spacial score (nSPS) is 15.9. The molecule has 0 aliphatic carbocycles. The van der Waals surface area contributed by atoms with Gasteiger partial charge in [-0.25, -0.2) is 4.98 Å². The van der Waals surface area contributed by atoms with Crippen LogP contribution in [0.2, 0.25) is 0 Å². The molecule has 3 heterocycles. The van der Waals surface area contributed by atoms with Crippen LogP contribution in [0.1, 0.15) is 28.9 Å². The number of fused-ring (bicyclic) bond motifs is 1. The Labute approximate surface area is 189 Å². The lowest BCUT2D eigenvalue weighted by atomic mass is 9.97. The maximum Gasteiger partial charge on any atom is 0.253 e. The Morgan fingerprint density at radius 2 is 2.10 bits per heavy atom. The van der Waals surface area contributed by atoms with E-state index < -0.39 is 0 Å². The second-order valence-corrected chi connectivity index (χ2v) is 7.33. The van der Waals surface area contributed by atoms with Gasteiger partial charge < -0.3 is 19.4 Å². The van der Waals surface area contributed by atoms with Crippen LogP contribution >= 0.6 is 24.8 Å². The van der Waals surface area contributed by atoms with Gasteiger partial charge in [-0.3, -0.25) is 4.79 Å². The quantitative estimate of drug-likeness (QED) is 0.619. The Balaban J connectivity index is 0.00000160. The van der Waals surface area contributed by atoms with E-state index >= 15 is 0 Å². The van der Waals surface area contributed by atoms with Gasteiger partial charge in [0.25, 0.3) is 5.91 Å². The minimum Gasteiger partial charge on any atom is -0.487 e. The van der Waals surface area contributed by atoms with Gasteiger partial charge in [0.05, 0.1) is 5.69 Å². The fourth-order valence-electron chi connectivity index (χ4n) is 3.82. The summed E-state index contributed by atoms with van der Waals surface area (Å²) in [6.45, 7) is 2.95. The summed E-state index contributed by atoms with van der Waals surface area (Å²) in [4.78, 5) is 19.4. The van der Waals surface area contributed by atoms with Crippen LogP contribution < -0.4 is 10.1 Å². The number of likely N-dealkylation sites (tertiary alicyclic amines) is 1. The molecule has 30 heavy (non-hydrogen) atoms.